The first kappa shape index (κ1) is 23.4. The third-order valence-corrected chi connectivity index (χ3v) is 5.88. The van der Waals surface area contributed by atoms with E-state index in [0.29, 0.717) is 35.4 Å². The van der Waals surface area contributed by atoms with Gasteiger partial charge in [-0.1, -0.05) is 74.7 Å². The number of ether oxygens (including phenoxy) is 1. The summed E-state index contributed by atoms with van der Waals surface area (Å²) in [4.78, 5) is 14.3. The third-order valence-electron chi connectivity index (χ3n) is 5.88. The van der Waals surface area contributed by atoms with E-state index in [1.54, 1.807) is 6.07 Å². The van der Waals surface area contributed by atoms with Gasteiger partial charge in [0.05, 0.1) is 12.2 Å². The first-order valence-electron chi connectivity index (χ1n) is 11.9. The average Bonchev–Trinajstić information content (AvgIpc) is 2.84. The highest BCUT2D eigenvalue weighted by atomic mass is 16.5. The van der Waals surface area contributed by atoms with E-state index in [2.05, 4.69) is 6.92 Å². The predicted molar refractivity (Wildman–Crippen MR) is 137 cm³/mol. The molecule has 5 heteroatoms. The molecule has 5 nitrogen and oxygen atoms in total. The minimum atomic E-state index is 0.0868. The summed E-state index contributed by atoms with van der Waals surface area (Å²) < 4.78 is 5.83. The number of hydrogen-bond acceptors (Lipinski definition) is 5. The van der Waals surface area contributed by atoms with Crippen molar-refractivity contribution in [2.45, 2.75) is 46.5 Å². The maximum absolute atomic E-state index is 10.8. The van der Waals surface area contributed by atoms with Crippen LogP contribution in [-0.2, 0) is 0 Å². The van der Waals surface area contributed by atoms with Crippen LogP contribution in [0.5, 0.6) is 11.5 Å². The van der Waals surface area contributed by atoms with Crippen LogP contribution in [-0.4, -0.2) is 26.7 Å². The van der Waals surface area contributed by atoms with Crippen molar-refractivity contribution >= 4 is 0 Å². The fourth-order valence-electron chi connectivity index (χ4n) is 3.89. The van der Waals surface area contributed by atoms with Crippen molar-refractivity contribution in [2.24, 2.45) is 0 Å². The fraction of sp³-hybridized carbons (Fsp3) is 0.276. The quantitative estimate of drug-likeness (QED) is 0.272. The minimum absolute atomic E-state index is 0.0868. The highest BCUT2D eigenvalue weighted by Crippen LogP contribution is 2.33. The molecule has 34 heavy (non-hydrogen) atoms. The van der Waals surface area contributed by atoms with Gasteiger partial charge >= 0.3 is 0 Å². The second-order valence-corrected chi connectivity index (χ2v) is 8.52. The van der Waals surface area contributed by atoms with Crippen LogP contribution in [0.25, 0.3) is 34.2 Å². The van der Waals surface area contributed by atoms with E-state index in [4.69, 9.17) is 19.7 Å². The molecule has 0 atom stereocenters. The summed E-state index contributed by atoms with van der Waals surface area (Å²) in [6.45, 7) is 6.90. The van der Waals surface area contributed by atoms with Crippen molar-refractivity contribution in [1.29, 1.82) is 0 Å². The van der Waals surface area contributed by atoms with Gasteiger partial charge in [0.25, 0.3) is 0 Å². The smallest absolute Gasteiger partial charge is 0.167 e. The molecule has 3 aromatic carbocycles. The molecule has 0 saturated heterocycles. The molecule has 174 valence electrons. The molecule has 0 aliphatic carbocycles. The number of aryl methyl sites for hydroxylation is 2. The molecule has 0 saturated carbocycles. The Hall–Kier alpha value is -3.73. The highest BCUT2D eigenvalue weighted by Gasteiger charge is 2.16. The SMILES string of the molecule is CCCCCCOc1ccc(-c2nc(-c3ccccc3C)nc(-c3ccccc3C)n2)c(O)c1. The number of phenolic OH excluding ortho intramolecular Hbond substituents is 1. The number of hydrogen-bond donors (Lipinski definition) is 1. The van der Waals surface area contributed by atoms with Gasteiger partial charge in [-0.3, -0.25) is 0 Å². The zero-order chi connectivity index (χ0) is 23.9. The minimum Gasteiger partial charge on any atom is -0.507 e. The first-order valence-corrected chi connectivity index (χ1v) is 11.9. The summed E-state index contributed by atoms with van der Waals surface area (Å²) in [6, 6.07) is 21.3. The molecular weight excluding hydrogens is 422 g/mol. The Morgan fingerprint density at radius 3 is 1.76 bits per heavy atom. The molecular formula is C29H31N3O2. The highest BCUT2D eigenvalue weighted by molar-refractivity contribution is 5.72. The number of benzene rings is 3. The number of phenols is 1. The summed E-state index contributed by atoms with van der Waals surface area (Å²) in [6.07, 6.45) is 4.55. The van der Waals surface area contributed by atoms with Crippen molar-refractivity contribution in [2.75, 3.05) is 6.61 Å². The molecule has 1 aromatic heterocycles. The van der Waals surface area contributed by atoms with Gasteiger partial charge in [0.2, 0.25) is 0 Å². The summed E-state index contributed by atoms with van der Waals surface area (Å²) in [7, 11) is 0. The van der Waals surface area contributed by atoms with Crippen molar-refractivity contribution in [3.05, 3.63) is 77.9 Å². The Kier molecular flexibility index (Phi) is 7.53. The zero-order valence-corrected chi connectivity index (χ0v) is 20.1. The molecule has 1 N–H and O–H groups in total. The molecule has 1 heterocycles. The Balaban J connectivity index is 1.73. The summed E-state index contributed by atoms with van der Waals surface area (Å²) >= 11 is 0. The van der Waals surface area contributed by atoms with E-state index in [0.717, 1.165) is 35.1 Å². The molecule has 0 aliphatic rings. The Morgan fingerprint density at radius 2 is 1.24 bits per heavy atom. The maximum atomic E-state index is 10.8. The van der Waals surface area contributed by atoms with E-state index in [9.17, 15) is 5.11 Å². The van der Waals surface area contributed by atoms with Crippen LogP contribution in [0.15, 0.2) is 66.7 Å². The third kappa shape index (κ3) is 5.42. The van der Waals surface area contributed by atoms with E-state index in [-0.39, 0.29) is 5.75 Å². The average molecular weight is 454 g/mol. The van der Waals surface area contributed by atoms with Gasteiger partial charge in [-0.15, -0.1) is 0 Å². The van der Waals surface area contributed by atoms with Gasteiger partial charge in [-0.2, -0.15) is 0 Å². The van der Waals surface area contributed by atoms with Crippen LogP contribution in [0.1, 0.15) is 43.7 Å². The largest absolute Gasteiger partial charge is 0.507 e. The van der Waals surface area contributed by atoms with Gasteiger partial charge in [0.15, 0.2) is 17.5 Å². The van der Waals surface area contributed by atoms with E-state index < -0.39 is 0 Å². The van der Waals surface area contributed by atoms with Crippen LogP contribution in [0.3, 0.4) is 0 Å². The zero-order valence-electron chi connectivity index (χ0n) is 20.1. The lowest BCUT2D eigenvalue weighted by molar-refractivity contribution is 0.303. The van der Waals surface area contributed by atoms with Crippen LogP contribution < -0.4 is 4.74 Å². The van der Waals surface area contributed by atoms with Gasteiger partial charge < -0.3 is 9.84 Å². The molecule has 0 fully saturated rings. The van der Waals surface area contributed by atoms with E-state index in [1.165, 1.54) is 12.8 Å². The van der Waals surface area contributed by atoms with Gasteiger partial charge in [-0.05, 0) is 43.5 Å². The molecule has 0 aliphatic heterocycles. The van der Waals surface area contributed by atoms with E-state index in [1.807, 2.05) is 74.5 Å². The second-order valence-electron chi connectivity index (χ2n) is 8.52. The Morgan fingerprint density at radius 1 is 0.676 bits per heavy atom. The van der Waals surface area contributed by atoms with Crippen LogP contribution in [0.2, 0.25) is 0 Å². The number of rotatable bonds is 9. The fourth-order valence-corrected chi connectivity index (χ4v) is 3.89. The standard InChI is InChI=1S/C29H31N3O2/c1-4-5-6-11-18-34-22-16-17-25(26(33)19-22)29-31-27(23-14-9-7-12-20(23)2)30-28(32-29)24-15-10-8-13-21(24)3/h7-10,12-17,19,33H,4-6,11,18H2,1-3H3. The molecule has 4 rings (SSSR count). The van der Waals surface area contributed by atoms with Crippen LogP contribution >= 0.6 is 0 Å². The molecule has 0 bridgehead atoms. The van der Waals surface area contributed by atoms with Gasteiger partial charge in [-0.25, -0.2) is 15.0 Å². The van der Waals surface area contributed by atoms with Crippen molar-refractivity contribution < 1.29 is 9.84 Å². The van der Waals surface area contributed by atoms with Crippen molar-refractivity contribution in [3.63, 3.8) is 0 Å². The monoisotopic (exact) mass is 453 g/mol. The lowest BCUT2D eigenvalue weighted by Gasteiger charge is -2.12. The molecule has 0 spiro atoms. The van der Waals surface area contributed by atoms with Gasteiger partial charge in [0.1, 0.15) is 11.5 Å². The van der Waals surface area contributed by atoms with Gasteiger partial charge in [0, 0.05) is 17.2 Å². The molecule has 0 unspecified atom stereocenters. The van der Waals surface area contributed by atoms with E-state index >= 15 is 0 Å². The van der Waals surface area contributed by atoms with Crippen LogP contribution in [0.4, 0.5) is 0 Å². The van der Waals surface area contributed by atoms with Crippen LogP contribution in [0, 0.1) is 13.8 Å². The number of aromatic nitrogens is 3. The lowest BCUT2D eigenvalue weighted by atomic mass is 10.1. The van der Waals surface area contributed by atoms with Crippen molar-refractivity contribution in [1.82, 2.24) is 15.0 Å². The molecule has 0 radical (unpaired) electrons. The lowest BCUT2D eigenvalue weighted by Crippen LogP contribution is -2.02. The summed E-state index contributed by atoms with van der Waals surface area (Å²) in [5, 5.41) is 10.8. The number of aromatic hydroxyl groups is 1. The molecule has 4 aromatic rings. The normalized spacial score (nSPS) is 10.9. The Labute approximate surface area is 201 Å². The summed E-state index contributed by atoms with van der Waals surface area (Å²) in [5.41, 5.74) is 4.57. The Bertz CT molecular complexity index is 1210. The number of unbranched alkanes of at least 4 members (excludes halogenated alkanes) is 3. The number of nitrogens with zero attached hydrogens (tertiary/aromatic N) is 3. The first-order chi connectivity index (χ1) is 16.6. The summed E-state index contributed by atoms with van der Waals surface area (Å²) in [5.74, 6) is 2.32. The topological polar surface area (TPSA) is 68.1 Å². The molecule has 0 amide bonds. The second kappa shape index (κ2) is 10.9. The predicted octanol–water partition coefficient (Wildman–Crippen LogP) is 7.15. The maximum Gasteiger partial charge on any atom is 0.167 e. The van der Waals surface area contributed by atoms with Crippen molar-refractivity contribution in [3.8, 4) is 45.7 Å².